The summed E-state index contributed by atoms with van der Waals surface area (Å²) in [4.78, 5) is 0. The van der Waals surface area contributed by atoms with Crippen molar-refractivity contribution in [2.75, 3.05) is 13.2 Å². The predicted octanol–water partition coefficient (Wildman–Crippen LogP) is 12.7. The molecule has 0 heterocycles. The second-order valence-electron chi connectivity index (χ2n) is 13.9. The van der Waals surface area contributed by atoms with Crippen LogP contribution in [0.25, 0.3) is 0 Å². The minimum Gasteiger partial charge on any atom is -0.390 e. The molecule has 0 saturated carbocycles. The van der Waals surface area contributed by atoms with Crippen molar-refractivity contribution in [3.63, 3.8) is 0 Å². The molecule has 0 aliphatic heterocycles. The van der Waals surface area contributed by atoms with Crippen LogP contribution in [0.15, 0.2) is 104 Å². The van der Waals surface area contributed by atoms with E-state index in [9.17, 15) is 5.11 Å². The Balaban J connectivity index is 1.51. The van der Waals surface area contributed by atoms with E-state index in [4.69, 9.17) is 9.47 Å². The van der Waals surface area contributed by atoms with Gasteiger partial charge in [0.2, 0.25) is 0 Å². The monoisotopic (exact) mass is 669 g/mol. The lowest BCUT2D eigenvalue weighted by Crippen LogP contribution is -2.40. The molecular formula is C46H68O3. The Morgan fingerprint density at radius 3 is 1.39 bits per heavy atom. The van der Waals surface area contributed by atoms with Crippen molar-refractivity contribution in [3.8, 4) is 0 Å². The second-order valence-corrected chi connectivity index (χ2v) is 13.9. The molecule has 3 aromatic rings. The van der Waals surface area contributed by atoms with Gasteiger partial charge in [0.15, 0.2) is 0 Å². The number of ether oxygens (including phenoxy) is 2. The number of unbranched alkanes of at least 4 members (excludes halogenated alkanes) is 17. The van der Waals surface area contributed by atoms with Crippen LogP contribution in [0.1, 0.15) is 152 Å². The third-order valence-corrected chi connectivity index (χ3v) is 9.92. The molecule has 0 bridgehead atoms. The van der Waals surface area contributed by atoms with Crippen LogP contribution in [-0.2, 0) is 15.1 Å². The van der Waals surface area contributed by atoms with Gasteiger partial charge in [0, 0.05) is 6.61 Å². The standard InChI is InChI=1S/C46H68O3/c1-3-5-7-9-10-11-12-13-14-15-16-17-18-19-20-30-38-44(47)45(48-39-31-8-6-4-2)40-49-46(41-32-24-21-25-33-41,42-34-26-22-27-35-42)43-36-28-23-29-37-43/h4,21-29,32-37,44-45,47H,2-3,5-20,30-31,38-40H2,1H3/t44?,45-/m1/s1. The Bertz CT molecular complexity index is 1080. The molecule has 0 aliphatic carbocycles. The molecular weight excluding hydrogens is 601 g/mol. The van der Waals surface area contributed by atoms with E-state index in [1.54, 1.807) is 0 Å². The number of benzene rings is 3. The summed E-state index contributed by atoms with van der Waals surface area (Å²) < 4.78 is 13.5. The van der Waals surface area contributed by atoms with E-state index in [-0.39, 0.29) is 0 Å². The van der Waals surface area contributed by atoms with E-state index < -0.39 is 17.8 Å². The Morgan fingerprint density at radius 2 is 0.980 bits per heavy atom. The van der Waals surface area contributed by atoms with Gasteiger partial charge < -0.3 is 14.6 Å². The highest BCUT2D eigenvalue weighted by molar-refractivity contribution is 5.47. The van der Waals surface area contributed by atoms with Crippen LogP contribution in [-0.4, -0.2) is 30.5 Å². The topological polar surface area (TPSA) is 38.7 Å². The van der Waals surface area contributed by atoms with Gasteiger partial charge in [-0.2, -0.15) is 0 Å². The lowest BCUT2D eigenvalue weighted by molar-refractivity contribution is -0.110. The summed E-state index contributed by atoms with van der Waals surface area (Å²) in [7, 11) is 0. The largest absolute Gasteiger partial charge is 0.390 e. The van der Waals surface area contributed by atoms with Crippen molar-refractivity contribution >= 4 is 0 Å². The average Bonchev–Trinajstić information content (AvgIpc) is 3.15. The van der Waals surface area contributed by atoms with Crippen molar-refractivity contribution in [1.82, 2.24) is 0 Å². The molecule has 1 N–H and O–H groups in total. The fraction of sp³-hybridized carbons (Fsp3) is 0.565. The van der Waals surface area contributed by atoms with Gasteiger partial charge in [0.1, 0.15) is 11.7 Å². The predicted molar refractivity (Wildman–Crippen MR) is 209 cm³/mol. The van der Waals surface area contributed by atoms with Gasteiger partial charge in [-0.1, -0.05) is 207 Å². The first-order chi connectivity index (χ1) is 24.2. The molecule has 270 valence electrons. The summed E-state index contributed by atoms with van der Waals surface area (Å²) in [5.74, 6) is 0. The lowest BCUT2D eigenvalue weighted by atomic mass is 9.80. The molecule has 0 radical (unpaired) electrons. The molecule has 3 nitrogen and oxygen atoms in total. The van der Waals surface area contributed by atoms with Gasteiger partial charge in [-0.05, 0) is 42.4 Å². The Hall–Kier alpha value is -2.72. The first-order valence-electron chi connectivity index (χ1n) is 19.9. The first kappa shape index (κ1) is 40.7. The van der Waals surface area contributed by atoms with Crippen LogP contribution < -0.4 is 0 Å². The molecule has 2 atom stereocenters. The average molecular weight is 669 g/mol. The molecule has 3 heteroatoms. The van der Waals surface area contributed by atoms with Crippen LogP contribution in [0.2, 0.25) is 0 Å². The van der Waals surface area contributed by atoms with Gasteiger partial charge in [0.05, 0.1) is 12.7 Å². The molecule has 0 fully saturated rings. The van der Waals surface area contributed by atoms with Crippen LogP contribution in [0.4, 0.5) is 0 Å². The van der Waals surface area contributed by atoms with E-state index in [1.807, 2.05) is 24.3 Å². The van der Waals surface area contributed by atoms with Gasteiger partial charge >= 0.3 is 0 Å². The second kappa shape index (κ2) is 26.1. The van der Waals surface area contributed by atoms with Crippen molar-refractivity contribution in [2.45, 2.75) is 153 Å². The summed E-state index contributed by atoms with van der Waals surface area (Å²) >= 11 is 0. The summed E-state index contributed by atoms with van der Waals surface area (Å²) in [6.07, 6.45) is 26.1. The molecule has 49 heavy (non-hydrogen) atoms. The van der Waals surface area contributed by atoms with E-state index in [2.05, 4.69) is 86.3 Å². The first-order valence-corrected chi connectivity index (χ1v) is 19.9. The number of aliphatic hydroxyl groups is 1. The maximum atomic E-state index is 11.5. The van der Waals surface area contributed by atoms with Crippen molar-refractivity contribution in [1.29, 1.82) is 0 Å². The molecule has 3 rings (SSSR count). The molecule has 0 amide bonds. The van der Waals surface area contributed by atoms with E-state index in [1.165, 1.54) is 89.9 Å². The van der Waals surface area contributed by atoms with E-state index in [0.29, 0.717) is 13.2 Å². The van der Waals surface area contributed by atoms with E-state index in [0.717, 1.165) is 55.2 Å². The maximum Gasteiger partial charge on any atom is 0.143 e. The highest BCUT2D eigenvalue weighted by Crippen LogP contribution is 2.40. The van der Waals surface area contributed by atoms with Crippen LogP contribution in [0.3, 0.4) is 0 Å². The molecule has 0 aromatic heterocycles. The number of hydrogen-bond acceptors (Lipinski definition) is 3. The van der Waals surface area contributed by atoms with Crippen LogP contribution in [0, 0.1) is 0 Å². The molecule has 0 spiro atoms. The van der Waals surface area contributed by atoms with Crippen LogP contribution >= 0.6 is 0 Å². The smallest absolute Gasteiger partial charge is 0.143 e. The highest BCUT2D eigenvalue weighted by Gasteiger charge is 2.39. The minimum absolute atomic E-state index is 0.292. The molecule has 0 saturated heterocycles. The summed E-state index contributed by atoms with van der Waals surface area (Å²) in [6.45, 7) is 7.04. The minimum atomic E-state index is -0.831. The Kier molecular flexibility index (Phi) is 21.7. The fourth-order valence-corrected chi connectivity index (χ4v) is 6.96. The fourth-order valence-electron chi connectivity index (χ4n) is 6.96. The molecule has 3 aromatic carbocycles. The summed E-state index contributed by atoms with van der Waals surface area (Å²) in [5, 5.41) is 11.5. The third-order valence-electron chi connectivity index (χ3n) is 9.92. The number of allylic oxidation sites excluding steroid dienone is 1. The van der Waals surface area contributed by atoms with Crippen molar-refractivity contribution in [3.05, 3.63) is 120 Å². The zero-order valence-corrected chi connectivity index (χ0v) is 30.9. The summed E-state index contributed by atoms with van der Waals surface area (Å²) in [5.41, 5.74) is 2.35. The quantitative estimate of drug-likeness (QED) is 0.0436. The lowest BCUT2D eigenvalue weighted by Gasteiger charge is -2.37. The van der Waals surface area contributed by atoms with Gasteiger partial charge in [0.25, 0.3) is 0 Å². The normalized spacial score (nSPS) is 12.9. The van der Waals surface area contributed by atoms with Gasteiger partial charge in [-0.15, -0.1) is 6.58 Å². The van der Waals surface area contributed by atoms with Crippen molar-refractivity contribution < 1.29 is 14.6 Å². The van der Waals surface area contributed by atoms with Crippen molar-refractivity contribution in [2.24, 2.45) is 0 Å². The van der Waals surface area contributed by atoms with Gasteiger partial charge in [-0.3, -0.25) is 0 Å². The zero-order valence-electron chi connectivity index (χ0n) is 30.9. The maximum absolute atomic E-state index is 11.5. The highest BCUT2D eigenvalue weighted by atomic mass is 16.6. The third kappa shape index (κ3) is 15.4. The Labute approximate surface area is 300 Å². The number of rotatable bonds is 30. The molecule has 1 unspecified atom stereocenters. The number of aliphatic hydroxyl groups excluding tert-OH is 1. The summed E-state index contributed by atoms with van der Waals surface area (Å²) in [6, 6.07) is 31.4. The number of hydrogen-bond donors (Lipinski definition) is 1. The van der Waals surface area contributed by atoms with Gasteiger partial charge in [-0.25, -0.2) is 0 Å². The SMILES string of the molecule is C=CCCCCO[C@H](COC(c1ccccc1)(c1ccccc1)c1ccccc1)C(O)CCCCCCCCCCCCCCCCCC. The zero-order chi connectivity index (χ0) is 34.7. The van der Waals surface area contributed by atoms with E-state index >= 15 is 0 Å². The Morgan fingerprint density at radius 1 is 0.571 bits per heavy atom. The van der Waals surface area contributed by atoms with Crippen LogP contribution in [0.5, 0.6) is 0 Å². The molecule has 0 aliphatic rings.